The third kappa shape index (κ3) is 5.60. The first-order chi connectivity index (χ1) is 19.2. The maximum absolute atomic E-state index is 13.6. The zero-order chi connectivity index (χ0) is 26.6. The second-order valence-corrected chi connectivity index (χ2v) is 10.8. The van der Waals surface area contributed by atoms with Crippen LogP contribution in [0.5, 0.6) is 5.75 Å². The van der Waals surface area contributed by atoms with Gasteiger partial charge in [0.2, 0.25) is 0 Å². The van der Waals surface area contributed by atoms with Gasteiger partial charge in [0.1, 0.15) is 11.8 Å². The van der Waals surface area contributed by atoms with E-state index in [0.717, 1.165) is 49.3 Å². The van der Waals surface area contributed by atoms with Gasteiger partial charge in [0.15, 0.2) is 5.82 Å². The monoisotopic (exact) mass is 527 g/mol. The maximum Gasteiger partial charge on any atom is 0.253 e. The normalized spacial score (nSPS) is 18.4. The first kappa shape index (κ1) is 25.7. The van der Waals surface area contributed by atoms with Crippen LogP contribution in [0.25, 0.3) is 10.9 Å². The number of nitrogens with one attached hydrogen (secondary N) is 1. The topological polar surface area (TPSA) is 92.2 Å². The van der Waals surface area contributed by atoms with Crippen molar-refractivity contribution in [3.63, 3.8) is 0 Å². The molecule has 1 unspecified atom stereocenters. The number of ether oxygens (including phenoxy) is 1. The summed E-state index contributed by atoms with van der Waals surface area (Å²) in [6.45, 7) is 4.37. The molecule has 0 bridgehead atoms. The summed E-state index contributed by atoms with van der Waals surface area (Å²) in [4.78, 5) is 21.8. The van der Waals surface area contributed by atoms with Gasteiger partial charge in [0.25, 0.3) is 5.56 Å². The van der Waals surface area contributed by atoms with E-state index in [4.69, 9.17) is 4.74 Å². The molecule has 0 amide bonds. The van der Waals surface area contributed by atoms with Crippen LogP contribution in [0.4, 0.5) is 0 Å². The second-order valence-electron chi connectivity index (χ2n) is 10.8. The molecule has 9 heteroatoms. The fourth-order valence-corrected chi connectivity index (χ4v) is 6.28. The van der Waals surface area contributed by atoms with Crippen molar-refractivity contribution in [2.45, 2.75) is 57.2 Å². The van der Waals surface area contributed by atoms with Gasteiger partial charge in [-0.1, -0.05) is 49.6 Å². The number of methoxy groups -OCH3 is 1. The van der Waals surface area contributed by atoms with E-state index >= 15 is 0 Å². The molecule has 2 aromatic heterocycles. The number of fused-ring (bicyclic) bond motifs is 1. The van der Waals surface area contributed by atoms with Gasteiger partial charge in [0, 0.05) is 50.4 Å². The average Bonchev–Trinajstić information content (AvgIpc) is 3.45. The minimum Gasteiger partial charge on any atom is -0.497 e. The molecular formula is C30H37N7O2. The third-order valence-corrected chi connectivity index (χ3v) is 8.44. The summed E-state index contributed by atoms with van der Waals surface area (Å²) in [7, 11) is 1.63. The van der Waals surface area contributed by atoms with Crippen molar-refractivity contribution in [2.75, 3.05) is 33.3 Å². The first-order valence-electron chi connectivity index (χ1n) is 14.2. The largest absolute Gasteiger partial charge is 0.497 e. The number of aryl methyl sites for hydroxylation is 2. The molecule has 6 rings (SSSR count). The van der Waals surface area contributed by atoms with E-state index in [1.807, 2.05) is 47.1 Å². The molecule has 2 aromatic carbocycles. The SMILES string of the molecule is COc1ccc2cc(C(c3nnnn3CCc3ccccc3)N3CCN(C4CCCCC4)CC3)c(=O)[nH]c2c1. The first-order valence-corrected chi connectivity index (χ1v) is 14.2. The number of rotatable bonds is 8. The average molecular weight is 528 g/mol. The molecule has 39 heavy (non-hydrogen) atoms. The summed E-state index contributed by atoms with van der Waals surface area (Å²) in [6.07, 6.45) is 7.45. The van der Waals surface area contributed by atoms with E-state index in [0.29, 0.717) is 23.9 Å². The molecule has 2 fully saturated rings. The fourth-order valence-electron chi connectivity index (χ4n) is 6.28. The van der Waals surface area contributed by atoms with Crippen molar-refractivity contribution in [3.05, 3.63) is 81.9 Å². The van der Waals surface area contributed by atoms with Gasteiger partial charge in [-0.3, -0.25) is 14.6 Å². The Labute approximate surface area is 228 Å². The molecule has 1 atom stereocenters. The van der Waals surface area contributed by atoms with Gasteiger partial charge >= 0.3 is 0 Å². The van der Waals surface area contributed by atoms with E-state index < -0.39 is 0 Å². The minimum absolute atomic E-state index is 0.118. The van der Waals surface area contributed by atoms with E-state index in [1.165, 1.54) is 37.7 Å². The highest BCUT2D eigenvalue weighted by molar-refractivity contribution is 5.80. The molecule has 1 saturated heterocycles. The lowest BCUT2D eigenvalue weighted by atomic mass is 9.93. The van der Waals surface area contributed by atoms with Crippen molar-refractivity contribution in [3.8, 4) is 5.75 Å². The summed E-state index contributed by atoms with van der Waals surface area (Å²) in [5.74, 6) is 1.43. The van der Waals surface area contributed by atoms with Crippen LogP contribution in [0.15, 0.2) is 59.4 Å². The lowest BCUT2D eigenvalue weighted by molar-refractivity contribution is 0.0617. The Bertz CT molecular complexity index is 1440. The highest BCUT2D eigenvalue weighted by atomic mass is 16.5. The van der Waals surface area contributed by atoms with Gasteiger partial charge in [-0.15, -0.1) is 5.10 Å². The number of aromatic nitrogens is 5. The van der Waals surface area contributed by atoms with E-state index in [2.05, 4.69) is 42.4 Å². The highest BCUT2D eigenvalue weighted by Gasteiger charge is 2.34. The predicted molar refractivity (Wildman–Crippen MR) is 151 cm³/mol. The van der Waals surface area contributed by atoms with Crippen molar-refractivity contribution in [2.24, 2.45) is 0 Å². The second kappa shape index (κ2) is 11.7. The Morgan fingerprint density at radius 3 is 2.56 bits per heavy atom. The summed E-state index contributed by atoms with van der Waals surface area (Å²) in [5.41, 5.74) is 2.55. The summed E-state index contributed by atoms with van der Waals surface area (Å²) < 4.78 is 7.25. The molecule has 1 aliphatic heterocycles. The molecule has 9 nitrogen and oxygen atoms in total. The Hall–Kier alpha value is -3.56. The smallest absolute Gasteiger partial charge is 0.253 e. The zero-order valence-electron chi connectivity index (χ0n) is 22.6. The van der Waals surface area contributed by atoms with Crippen LogP contribution in [0.3, 0.4) is 0 Å². The quantitative estimate of drug-likeness (QED) is 0.373. The number of nitrogens with zero attached hydrogens (tertiary/aromatic N) is 6. The van der Waals surface area contributed by atoms with Crippen molar-refractivity contribution >= 4 is 10.9 Å². The van der Waals surface area contributed by atoms with Crippen molar-refractivity contribution < 1.29 is 4.74 Å². The van der Waals surface area contributed by atoms with Crippen molar-refractivity contribution in [1.29, 1.82) is 0 Å². The number of pyridine rings is 1. The molecule has 1 aliphatic carbocycles. The Kier molecular flexibility index (Phi) is 7.69. The number of tetrazole rings is 1. The summed E-state index contributed by atoms with van der Waals surface area (Å²) in [5, 5.41) is 13.9. The standard InChI is InChI=1S/C30H37N7O2/c1-39-25-13-12-23-20-26(30(38)31-27(23)21-25)28(36-18-16-35(17-19-36)24-10-6-3-7-11-24)29-32-33-34-37(29)15-14-22-8-4-2-5-9-22/h2,4-5,8-9,12-13,20-21,24,28H,3,6-7,10-11,14-19H2,1H3,(H,31,38). The van der Waals surface area contributed by atoms with Gasteiger partial charge in [0.05, 0.1) is 12.6 Å². The molecule has 3 heterocycles. The number of H-pyrrole nitrogens is 1. The van der Waals surface area contributed by atoms with Gasteiger partial charge in [-0.25, -0.2) is 4.68 Å². The van der Waals surface area contributed by atoms with E-state index in [9.17, 15) is 4.79 Å². The summed E-state index contributed by atoms with van der Waals surface area (Å²) >= 11 is 0. The fraction of sp³-hybridized carbons (Fsp3) is 0.467. The van der Waals surface area contributed by atoms with Crippen LogP contribution < -0.4 is 10.3 Å². The van der Waals surface area contributed by atoms with E-state index in [-0.39, 0.29) is 11.6 Å². The van der Waals surface area contributed by atoms with E-state index in [1.54, 1.807) is 7.11 Å². The van der Waals surface area contributed by atoms with Crippen LogP contribution >= 0.6 is 0 Å². The maximum atomic E-state index is 13.6. The lowest BCUT2D eigenvalue weighted by Gasteiger charge is -2.43. The predicted octanol–water partition coefficient (Wildman–Crippen LogP) is 3.81. The Morgan fingerprint density at radius 1 is 1.00 bits per heavy atom. The van der Waals surface area contributed by atoms with Gasteiger partial charge in [-0.05, 0) is 58.8 Å². The van der Waals surface area contributed by atoms with Crippen LogP contribution in [-0.2, 0) is 13.0 Å². The third-order valence-electron chi connectivity index (χ3n) is 8.44. The molecule has 0 radical (unpaired) electrons. The zero-order valence-corrected chi connectivity index (χ0v) is 22.6. The number of hydrogen-bond acceptors (Lipinski definition) is 7. The number of benzene rings is 2. The van der Waals surface area contributed by atoms with Gasteiger partial charge < -0.3 is 9.72 Å². The van der Waals surface area contributed by atoms with Crippen LogP contribution in [0, 0.1) is 0 Å². The van der Waals surface area contributed by atoms with Crippen LogP contribution in [0.2, 0.25) is 0 Å². The molecule has 1 saturated carbocycles. The number of piperazine rings is 1. The molecular weight excluding hydrogens is 490 g/mol. The lowest BCUT2D eigenvalue weighted by Crippen LogP contribution is -2.52. The van der Waals surface area contributed by atoms with Crippen molar-refractivity contribution in [1.82, 2.24) is 35.0 Å². The Morgan fingerprint density at radius 2 is 1.79 bits per heavy atom. The highest BCUT2D eigenvalue weighted by Crippen LogP contribution is 2.30. The molecule has 1 N–H and O–H groups in total. The molecule has 204 valence electrons. The minimum atomic E-state index is -0.334. The van der Waals surface area contributed by atoms with Crippen LogP contribution in [0.1, 0.15) is 55.1 Å². The van der Waals surface area contributed by atoms with Crippen LogP contribution in [-0.4, -0.2) is 74.3 Å². The molecule has 2 aliphatic rings. The molecule has 0 spiro atoms. The number of aromatic amines is 1. The summed E-state index contributed by atoms with van der Waals surface area (Å²) in [6, 6.07) is 18.5. The molecule has 4 aromatic rings. The Balaban J connectivity index is 1.33. The number of hydrogen-bond donors (Lipinski definition) is 1. The van der Waals surface area contributed by atoms with Gasteiger partial charge in [-0.2, -0.15) is 0 Å².